The number of Topliss-reactive ketones (excluding diaryl/α,β-unsaturated/α-hetero) is 1. The van der Waals surface area contributed by atoms with Crippen molar-refractivity contribution in [3.05, 3.63) is 37.1 Å². The lowest BCUT2D eigenvalue weighted by Gasteiger charge is -2.15. The third-order valence-electron chi connectivity index (χ3n) is 4.24. The number of thiazole rings is 1. The quantitative estimate of drug-likeness (QED) is 0.422. The van der Waals surface area contributed by atoms with Crippen molar-refractivity contribution in [2.24, 2.45) is 13.0 Å². The van der Waals surface area contributed by atoms with Gasteiger partial charge in [0, 0.05) is 13.6 Å². The Morgan fingerprint density at radius 1 is 1.27 bits per heavy atom. The molecular weight excluding hydrogens is 428 g/mol. The van der Waals surface area contributed by atoms with Crippen LogP contribution in [0.25, 0.3) is 10.8 Å². The molecule has 0 bridgehead atoms. The largest absolute Gasteiger partial charge is 0.410 e. The third kappa shape index (κ3) is 4.24. The van der Waals surface area contributed by atoms with E-state index >= 15 is 0 Å². The molecular formula is C18H22N6O4S2. The van der Waals surface area contributed by atoms with Crippen molar-refractivity contribution in [3.8, 4) is 10.8 Å². The molecule has 3 aromatic heterocycles. The van der Waals surface area contributed by atoms with Crippen LogP contribution in [0.5, 0.6) is 0 Å². The summed E-state index contributed by atoms with van der Waals surface area (Å²) in [5.41, 5.74) is 5.35. The highest BCUT2D eigenvalue weighted by molar-refractivity contribution is 7.99. The van der Waals surface area contributed by atoms with Crippen LogP contribution in [-0.2, 0) is 13.6 Å². The second-order valence-corrected chi connectivity index (χ2v) is 9.27. The van der Waals surface area contributed by atoms with Gasteiger partial charge in [-0.15, -0.1) is 21.5 Å². The number of nitrogen functional groups attached to an aromatic ring is 1. The molecule has 0 fully saturated rings. The minimum atomic E-state index is -0.718. The molecule has 3 aromatic rings. The molecule has 0 atom stereocenters. The Bertz CT molecular complexity index is 1220. The summed E-state index contributed by atoms with van der Waals surface area (Å²) in [6, 6.07) is 0. The molecule has 0 aliphatic heterocycles. The van der Waals surface area contributed by atoms with Crippen LogP contribution in [0.15, 0.2) is 19.2 Å². The topological polar surface area (TPSA) is 139 Å². The highest BCUT2D eigenvalue weighted by Crippen LogP contribution is 2.30. The van der Waals surface area contributed by atoms with E-state index in [-0.39, 0.29) is 28.3 Å². The SMILES string of the molecule is Cc1nc(C)c(-c2nnc(SCC(=O)c3c(N)n(CC(C)C)c(=O)n(C)c3=O)o2)s1. The maximum Gasteiger partial charge on any atom is 0.332 e. The molecule has 0 saturated carbocycles. The standard InChI is InChI=1S/C18H22N6O4S2/c1-8(2)6-24-14(19)12(16(26)23(5)18(24)27)11(25)7-29-17-22-21-15(28-17)13-9(3)20-10(4)30-13/h8H,6-7,19H2,1-5H3. The number of nitrogens with two attached hydrogens (primary N) is 1. The summed E-state index contributed by atoms with van der Waals surface area (Å²) in [6.45, 7) is 7.86. The van der Waals surface area contributed by atoms with Gasteiger partial charge in [-0.1, -0.05) is 25.6 Å². The predicted octanol–water partition coefficient (Wildman–Crippen LogP) is 1.88. The average Bonchev–Trinajstić information content (AvgIpc) is 3.27. The smallest absolute Gasteiger partial charge is 0.332 e. The van der Waals surface area contributed by atoms with Crippen LogP contribution in [0.4, 0.5) is 5.82 Å². The van der Waals surface area contributed by atoms with Crippen molar-refractivity contribution in [2.45, 2.75) is 39.5 Å². The third-order valence-corrected chi connectivity index (χ3v) is 6.12. The number of thioether (sulfide) groups is 1. The number of ketones is 1. The van der Waals surface area contributed by atoms with Gasteiger partial charge in [0.25, 0.3) is 16.7 Å². The number of aromatic nitrogens is 5. The number of hydrogen-bond donors (Lipinski definition) is 1. The molecule has 0 unspecified atom stereocenters. The first-order valence-corrected chi connectivity index (χ1v) is 10.9. The van der Waals surface area contributed by atoms with E-state index < -0.39 is 17.0 Å². The van der Waals surface area contributed by atoms with Gasteiger partial charge in [-0.25, -0.2) is 9.78 Å². The molecule has 3 rings (SSSR count). The van der Waals surface area contributed by atoms with Crippen molar-refractivity contribution in [2.75, 3.05) is 11.5 Å². The van der Waals surface area contributed by atoms with Crippen molar-refractivity contribution in [1.82, 2.24) is 24.3 Å². The molecule has 2 N–H and O–H groups in total. The number of aryl methyl sites for hydroxylation is 2. The Morgan fingerprint density at radius 3 is 2.57 bits per heavy atom. The van der Waals surface area contributed by atoms with E-state index in [0.717, 1.165) is 31.9 Å². The van der Waals surface area contributed by atoms with Crippen molar-refractivity contribution >= 4 is 34.7 Å². The van der Waals surface area contributed by atoms with E-state index in [9.17, 15) is 14.4 Å². The molecule has 0 spiro atoms. The summed E-state index contributed by atoms with van der Waals surface area (Å²) >= 11 is 2.44. The Balaban J connectivity index is 1.84. The summed E-state index contributed by atoms with van der Waals surface area (Å²) in [5.74, 6) is -0.337. The lowest BCUT2D eigenvalue weighted by Crippen LogP contribution is -2.43. The molecule has 12 heteroatoms. The minimum absolute atomic E-state index is 0.107. The van der Waals surface area contributed by atoms with Gasteiger partial charge in [-0.3, -0.25) is 18.7 Å². The number of nitrogens with zero attached hydrogens (tertiary/aromatic N) is 5. The first-order chi connectivity index (χ1) is 14.1. The molecule has 0 saturated heterocycles. The molecule has 160 valence electrons. The fourth-order valence-corrected chi connectivity index (χ4v) is 4.35. The molecule has 3 heterocycles. The molecule has 30 heavy (non-hydrogen) atoms. The van der Waals surface area contributed by atoms with Gasteiger partial charge < -0.3 is 10.2 Å². The van der Waals surface area contributed by atoms with Gasteiger partial charge in [0.1, 0.15) is 16.3 Å². The molecule has 10 nitrogen and oxygen atoms in total. The van der Waals surface area contributed by atoms with Crippen LogP contribution >= 0.6 is 23.1 Å². The van der Waals surface area contributed by atoms with Crippen LogP contribution in [0.1, 0.15) is 34.9 Å². The summed E-state index contributed by atoms with van der Waals surface area (Å²) in [4.78, 5) is 42.7. The van der Waals surface area contributed by atoms with Crippen LogP contribution in [0.2, 0.25) is 0 Å². The molecule has 0 aliphatic rings. The van der Waals surface area contributed by atoms with E-state index in [2.05, 4.69) is 15.2 Å². The van der Waals surface area contributed by atoms with Gasteiger partial charge in [0.05, 0.1) is 16.5 Å². The second kappa shape index (κ2) is 8.56. The summed E-state index contributed by atoms with van der Waals surface area (Å²) in [6.07, 6.45) is 0. The van der Waals surface area contributed by atoms with Gasteiger partial charge in [0.15, 0.2) is 5.78 Å². The van der Waals surface area contributed by atoms with Gasteiger partial charge in [0.2, 0.25) is 0 Å². The molecule has 0 amide bonds. The first kappa shape index (κ1) is 22.0. The number of hydrogen-bond acceptors (Lipinski definition) is 10. The summed E-state index contributed by atoms with van der Waals surface area (Å²) < 4.78 is 7.77. The summed E-state index contributed by atoms with van der Waals surface area (Å²) in [5, 5.41) is 9.02. The highest BCUT2D eigenvalue weighted by atomic mass is 32.2. The molecule has 0 aromatic carbocycles. The Kier molecular flexibility index (Phi) is 6.27. The Hall–Kier alpha value is -2.73. The van der Waals surface area contributed by atoms with Crippen molar-refractivity contribution < 1.29 is 9.21 Å². The Labute approximate surface area is 180 Å². The van der Waals surface area contributed by atoms with Crippen LogP contribution < -0.4 is 17.0 Å². The molecule has 0 radical (unpaired) electrons. The number of anilines is 1. The Morgan fingerprint density at radius 2 is 1.97 bits per heavy atom. The lowest BCUT2D eigenvalue weighted by atomic mass is 10.2. The second-order valence-electron chi connectivity index (χ2n) is 7.14. The van der Waals surface area contributed by atoms with E-state index in [1.54, 1.807) is 0 Å². The zero-order valence-corrected chi connectivity index (χ0v) is 18.9. The van der Waals surface area contributed by atoms with Gasteiger partial charge >= 0.3 is 5.69 Å². The summed E-state index contributed by atoms with van der Waals surface area (Å²) in [7, 11) is 1.33. The van der Waals surface area contributed by atoms with Crippen molar-refractivity contribution in [3.63, 3.8) is 0 Å². The number of carbonyl (C=O) groups excluding carboxylic acids is 1. The van der Waals surface area contributed by atoms with Crippen LogP contribution in [-0.4, -0.2) is 35.9 Å². The van der Waals surface area contributed by atoms with E-state index in [1.165, 1.54) is 23.0 Å². The van der Waals surface area contributed by atoms with E-state index in [0.29, 0.717) is 12.4 Å². The number of carbonyl (C=O) groups is 1. The maximum absolute atomic E-state index is 12.8. The first-order valence-electron chi connectivity index (χ1n) is 9.13. The normalized spacial score (nSPS) is 11.4. The number of rotatable bonds is 7. The van der Waals surface area contributed by atoms with E-state index in [1.807, 2.05) is 27.7 Å². The zero-order chi connectivity index (χ0) is 22.2. The van der Waals surface area contributed by atoms with Crippen molar-refractivity contribution in [1.29, 1.82) is 0 Å². The predicted molar refractivity (Wildman–Crippen MR) is 115 cm³/mol. The van der Waals surface area contributed by atoms with Gasteiger partial charge in [-0.2, -0.15) is 0 Å². The highest BCUT2D eigenvalue weighted by Gasteiger charge is 2.23. The van der Waals surface area contributed by atoms with Crippen LogP contribution in [0.3, 0.4) is 0 Å². The average molecular weight is 451 g/mol. The fraction of sp³-hybridized carbons (Fsp3) is 0.444. The molecule has 0 aliphatic carbocycles. The minimum Gasteiger partial charge on any atom is -0.410 e. The maximum atomic E-state index is 12.8. The fourth-order valence-electron chi connectivity index (χ4n) is 2.88. The lowest BCUT2D eigenvalue weighted by molar-refractivity contribution is 0.102. The zero-order valence-electron chi connectivity index (χ0n) is 17.3. The monoisotopic (exact) mass is 450 g/mol. The van der Waals surface area contributed by atoms with Gasteiger partial charge in [-0.05, 0) is 19.8 Å². The van der Waals surface area contributed by atoms with E-state index in [4.69, 9.17) is 10.2 Å². The van der Waals surface area contributed by atoms with Crippen LogP contribution in [0, 0.1) is 19.8 Å².